The Balaban J connectivity index is 2.05. The summed E-state index contributed by atoms with van der Waals surface area (Å²) in [5.41, 5.74) is 2.04. The fourth-order valence-electron chi connectivity index (χ4n) is 1.85. The lowest BCUT2D eigenvalue weighted by Gasteiger charge is -2.09. The zero-order chi connectivity index (χ0) is 17.7. The minimum Gasteiger partial charge on any atom is -0.274 e. The van der Waals surface area contributed by atoms with E-state index in [0.717, 1.165) is 4.47 Å². The third-order valence-electron chi connectivity index (χ3n) is 2.96. The Bertz CT molecular complexity index is 868. The van der Waals surface area contributed by atoms with Gasteiger partial charge in [-0.05, 0) is 24.3 Å². The van der Waals surface area contributed by atoms with Gasteiger partial charge < -0.3 is 0 Å². The van der Waals surface area contributed by atoms with Crippen LogP contribution in [-0.4, -0.2) is 19.2 Å². The van der Waals surface area contributed by atoms with E-state index in [1.165, 1.54) is 36.4 Å². The van der Waals surface area contributed by atoms with Gasteiger partial charge in [0.1, 0.15) is 0 Å². The molecule has 0 spiro atoms. The fourth-order valence-corrected chi connectivity index (χ4v) is 3.09. The van der Waals surface area contributed by atoms with E-state index in [4.69, 9.17) is 0 Å². The smallest absolute Gasteiger partial charge is 0.273 e. The normalized spacial score (nSPS) is 11.0. The van der Waals surface area contributed by atoms with Crippen molar-refractivity contribution in [3.63, 3.8) is 0 Å². The van der Waals surface area contributed by atoms with Crippen molar-refractivity contribution in [1.29, 1.82) is 0 Å². The molecule has 0 aromatic heterocycles. The molecule has 2 aromatic rings. The van der Waals surface area contributed by atoms with Gasteiger partial charge in [0, 0.05) is 21.7 Å². The molecule has 1 amide bonds. The van der Waals surface area contributed by atoms with Crippen molar-refractivity contribution < 1.29 is 18.1 Å². The number of sulfonamides is 1. The van der Waals surface area contributed by atoms with E-state index in [9.17, 15) is 23.3 Å². The third-order valence-corrected chi connectivity index (χ3v) is 4.59. The molecule has 2 aromatic carbocycles. The summed E-state index contributed by atoms with van der Waals surface area (Å²) in [4.78, 5) is 24.0. The van der Waals surface area contributed by atoms with Crippen molar-refractivity contribution in [1.82, 2.24) is 10.3 Å². The molecular weight excluding hydrogens is 402 g/mol. The Morgan fingerprint density at radius 2 is 1.75 bits per heavy atom. The van der Waals surface area contributed by atoms with E-state index in [1.807, 2.05) is 4.83 Å². The maximum absolute atomic E-state index is 12.0. The molecule has 2 N–H and O–H groups in total. The van der Waals surface area contributed by atoms with Gasteiger partial charge in [0.2, 0.25) is 10.0 Å². The highest BCUT2D eigenvalue weighted by molar-refractivity contribution is 9.10. The van der Waals surface area contributed by atoms with Gasteiger partial charge in [-0.3, -0.25) is 20.3 Å². The molecule has 0 saturated carbocycles. The second-order valence-electron chi connectivity index (χ2n) is 4.71. The lowest BCUT2D eigenvalue weighted by molar-refractivity contribution is -0.385. The zero-order valence-corrected chi connectivity index (χ0v) is 14.5. The highest BCUT2D eigenvalue weighted by Gasteiger charge is 2.20. The summed E-state index contributed by atoms with van der Waals surface area (Å²) in [5, 5.41) is 10.9. The second kappa shape index (κ2) is 7.51. The van der Waals surface area contributed by atoms with Gasteiger partial charge in [-0.1, -0.05) is 34.1 Å². The lowest BCUT2D eigenvalue weighted by Crippen LogP contribution is -2.42. The average Bonchev–Trinajstić information content (AvgIpc) is 2.53. The maximum Gasteiger partial charge on any atom is 0.273 e. The van der Waals surface area contributed by atoms with Gasteiger partial charge in [-0.2, -0.15) is 0 Å². The maximum atomic E-state index is 12.0. The summed E-state index contributed by atoms with van der Waals surface area (Å²) < 4.78 is 24.8. The SMILES string of the molecule is O=C(NNS(=O)(=O)Cc1ccccc1[N+](=O)[O-])c1ccc(Br)cc1. The summed E-state index contributed by atoms with van der Waals surface area (Å²) in [6, 6.07) is 11.8. The predicted octanol–water partition coefficient (Wildman–Crippen LogP) is 2.12. The topological polar surface area (TPSA) is 118 Å². The summed E-state index contributed by atoms with van der Waals surface area (Å²) in [6.45, 7) is 0. The number of carbonyl (C=O) groups excluding carboxylic acids is 1. The Hall–Kier alpha value is -2.30. The molecule has 0 heterocycles. The Kier molecular flexibility index (Phi) is 5.65. The minimum absolute atomic E-state index is 0.0212. The van der Waals surface area contributed by atoms with Crippen LogP contribution in [0.1, 0.15) is 15.9 Å². The molecule has 0 saturated heterocycles. The summed E-state index contributed by atoms with van der Waals surface area (Å²) in [5.74, 6) is -1.28. The molecule has 0 aliphatic carbocycles. The highest BCUT2D eigenvalue weighted by Crippen LogP contribution is 2.19. The van der Waals surface area contributed by atoms with E-state index in [2.05, 4.69) is 21.4 Å². The molecule has 0 bridgehead atoms. The number of amides is 1. The van der Waals surface area contributed by atoms with Crippen LogP contribution in [0.2, 0.25) is 0 Å². The molecule has 2 rings (SSSR count). The lowest BCUT2D eigenvalue weighted by atomic mass is 10.2. The zero-order valence-electron chi connectivity index (χ0n) is 12.1. The van der Waals surface area contributed by atoms with Gasteiger partial charge in [0.15, 0.2) is 0 Å². The van der Waals surface area contributed by atoms with Crippen LogP contribution in [0, 0.1) is 10.1 Å². The van der Waals surface area contributed by atoms with Crippen molar-refractivity contribution in [2.24, 2.45) is 0 Å². The van der Waals surface area contributed by atoms with Gasteiger partial charge in [0.05, 0.1) is 10.7 Å². The molecule has 126 valence electrons. The number of hydrogen-bond donors (Lipinski definition) is 2. The van der Waals surface area contributed by atoms with E-state index in [1.54, 1.807) is 12.1 Å². The van der Waals surface area contributed by atoms with Crippen LogP contribution in [0.3, 0.4) is 0 Å². The van der Waals surface area contributed by atoms with Gasteiger partial charge in [-0.15, -0.1) is 4.83 Å². The quantitative estimate of drug-likeness (QED) is 0.555. The number of halogens is 1. The number of para-hydroxylation sites is 1. The van der Waals surface area contributed by atoms with Crippen LogP contribution < -0.4 is 10.3 Å². The first-order valence-corrected chi connectivity index (χ1v) is 9.01. The van der Waals surface area contributed by atoms with Crippen molar-refractivity contribution in [3.8, 4) is 0 Å². The molecule has 24 heavy (non-hydrogen) atoms. The Morgan fingerprint density at radius 3 is 2.38 bits per heavy atom. The first kappa shape index (κ1) is 18.0. The van der Waals surface area contributed by atoms with Crippen LogP contribution >= 0.6 is 15.9 Å². The number of nitrogens with zero attached hydrogens (tertiary/aromatic N) is 1. The van der Waals surface area contributed by atoms with Crippen molar-refractivity contribution in [2.45, 2.75) is 5.75 Å². The van der Waals surface area contributed by atoms with Crippen LogP contribution in [0.25, 0.3) is 0 Å². The molecule has 0 aliphatic rings. The minimum atomic E-state index is -4.00. The molecule has 8 nitrogen and oxygen atoms in total. The van der Waals surface area contributed by atoms with Crippen LogP contribution in [0.4, 0.5) is 5.69 Å². The van der Waals surface area contributed by atoms with E-state index in [-0.39, 0.29) is 16.8 Å². The third kappa shape index (κ3) is 4.85. The van der Waals surface area contributed by atoms with Crippen molar-refractivity contribution >= 4 is 37.5 Å². The monoisotopic (exact) mass is 413 g/mol. The van der Waals surface area contributed by atoms with E-state index in [0.29, 0.717) is 0 Å². The highest BCUT2D eigenvalue weighted by atomic mass is 79.9. The van der Waals surface area contributed by atoms with E-state index >= 15 is 0 Å². The molecular formula is C14H12BrN3O5S. The second-order valence-corrected chi connectivity index (χ2v) is 7.35. The first-order valence-electron chi connectivity index (χ1n) is 6.56. The number of nitro benzene ring substituents is 1. The molecule has 10 heteroatoms. The number of hydrazine groups is 1. The van der Waals surface area contributed by atoms with Crippen molar-refractivity contribution in [3.05, 3.63) is 74.2 Å². The Labute approximate surface area is 146 Å². The first-order chi connectivity index (χ1) is 11.3. The fraction of sp³-hybridized carbons (Fsp3) is 0.0714. The molecule has 0 atom stereocenters. The van der Waals surface area contributed by atoms with E-state index < -0.39 is 26.6 Å². The molecule has 0 radical (unpaired) electrons. The van der Waals surface area contributed by atoms with Crippen molar-refractivity contribution in [2.75, 3.05) is 0 Å². The molecule has 0 fully saturated rings. The summed E-state index contributed by atoms with van der Waals surface area (Å²) in [7, 11) is -4.00. The molecule has 0 aliphatic heterocycles. The average molecular weight is 414 g/mol. The van der Waals surface area contributed by atoms with Crippen LogP contribution in [0.5, 0.6) is 0 Å². The van der Waals surface area contributed by atoms with Crippen LogP contribution in [-0.2, 0) is 15.8 Å². The van der Waals surface area contributed by atoms with Gasteiger partial charge in [0.25, 0.3) is 11.6 Å². The number of carbonyl (C=O) groups is 1. The number of hydrogen-bond acceptors (Lipinski definition) is 5. The largest absolute Gasteiger partial charge is 0.274 e. The Morgan fingerprint density at radius 1 is 1.12 bits per heavy atom. The summed E-state index contributed by atoms with van der Waals surface area (Å²) >= 11 is 3.22. The molecule has 0 unspecified atom stereocenters. The number of nitro groups is 1. The van der Waals surface area contributed by atoms with Crippen LogP contribution in [0.15, 0.2) is 53.0 Å². The number of benzene rings is 2. The predicted molar refractivity (Wildman–Crippen MR) is 90.5 cm³/mol. The number of nitrogens with one attached hydrogen (secondary N) is 2. The van der Waals surface area contributed by atoms with Gasteiger partial charge in [-0.25, -0.2) is 8.42 Å². The van der Waals surface area contributed by atoms with Gasteiger partial charge >= 0.3 is 0 Å². The number of rotatable bonds is 6. The standard InChI is InChI=1S/C14H12BrN3O5S/c15-12-7-5-10(6-8-12)14(19)16-17-24(22,23)9-11-3-1-2-4-13(11)18(20)21/h1-8,17H,9H2,(H,16,19). The summed E-state index contributed by atoms with van der Waals surface area (Å²) in [6.07, 6.45) is 0.